The predicted molar refractivity (Wildman–Crippen MR) is 57.3 cm³/mol. The molecule has 0 bridgehead atoms. The van der Waals surface area contributed by atoms with E-state index in [2.05, 4.69) is 36.8 Å². The third-order valence-electron chi connectivity index (χ3n) is 1.60. The highest BCUT2D eigenvalue weighted by molar-refractivity contribution is 9.11. The van der Waals surface area contributed by atoms with Crippen molar-refractivity contribution >= 4 is 31.9 Å². The fourth-order valence-corrected chi connectivity index (χ4v) is 2.09. The van der Waals surface area contributed by atoms with Gasteiger partial charge in [-0.1, -0.05) is 30.3 Å². The van der Waals surface area contributed by atoms with Crippen LogP contribution in [0.5, 0.6) is 0 Å². The van der Waals surface area contributed by atoms with Crippen molar-refractivity contribution in [1.29, 1.82) is 0 Å². The molecule has 66 valence electrons. The minimum Gasteiger partial charge on any atom is -0.430 e. The van der Waals surface area contributed by atoms with E-state index in [0.717, 1.165) is 11.3 Å². The Labute approximate surface area is 92.2 Å². The first kappa shape index (κ1) is 8.97. The molecule has 0 aliphatic carbocycles. The second-order valence-electron chi connectivity index (χ2n) is 2.45. The first-order chi connectivity index (χ1) is 6.27. The minimum atomic E-state index is 0.484. The summed E-state index contributed by atoms with van der Waals surface area (Å²) in [5.41, 5.74) is 1.01. The van der Waals surface area contributed by atoms with E-state index in [1.807, 2.05) is 30.3 Å². The summed E-state index contributed by atoms with van der Waals surface area (Å²) in [5, 5.41) is 0. The molecule has 2 nitrogen and oxygen atoms in total. The topological polar surface area (TPSA) is 26.0 Å². The van der Waals surface area contributed by atoms with Crippen LogP contribution in [0.1, 0.15) is 0 Å². The van der Waals surface area contributed by atoms with E-state index in [1.54, 1.807) is 0 Å². The van der Waals surface area contributed by atoms with Crippen LogP contribution in [-0.4, -0.2) is 4.98 Å². The molecule has 1 aromatic heterocycles. The standard InChI is InChI=1S/C9H5Br2NO/c10-8-7(13-9(11)12-8)6-4-2-1-3-5-6/h1-5H. The van der Waals surface area contributed by atoms with E-state index < -0.39 is 0 Å². The maximum atomic E-state index is 5.36. The Bertz CT molecular complexity index is 411. The molecule has 1 heterocycles. The van der Waals surface area contributed by atoms with Crippen molar-refractivity contribution in [2.24, 2.45) is 0 Å². The van der Waals surface area contributed by atoms with Crippen LogP contribution in [0.15, 0.2) is 44.2 Å². The lowest BCUT2D eigenvalue weighted by molar-refractivity contribution is 0.542. The molecule has 2 aromatic rings. The van der Waals surface area contributed by atoms with Crippen molar-refractivity contribution in [2.75, 3.05) is 0 Å². The van der Waals surface area contributed by atoms with Gasteiger partial charge in [-0.25, -0.2) is 0 Å². The molecule has 0 saturated carbocycles. The molecule has 0 N–H and O–H groups in total. The van der Waals surface area contributed by atoms with Crippen LogP contribution < -0.4 is 0 Å². The van der Waals surface area contributed by atoms with E-state index in [1.165, 1.54) is 0 Å². The highest BCUT2D eigenvalue weighted by atomic mass is 79.9. The van der Waals surface area contributed by atoms with E-state index in [9.17, 15) is 0 Å². The van der Waals surface area contributed by atoms with Gasteiger partial charge < -0.3 is 4.42 Å². The van der Waals surface area contributed by atoms with Gasteiger partial charge in [0.1, 0.15) is 0 Å². The lowest BCUT2D eigenvalue weighted by Crippen LogP contribution is -1.73. The number of rotatable bonds is 1. The van der Waals surface area contributed by atoms with E-state index in [4.69, 9.17) is 4.42 Å². The van der Waals surface area contributed by atoms with Gasteiger partial charge in [-0.15, -0.1) is 0 Å². The first-order valence-corrected chi connectivity index (χ1v) is 5.23. The van der Waals surface area contributed by atoms with Crippen LogP contribution in [0.2, 0.25) is 0 Å². The Hall–Kier alpha value is -0.610. The monoisotopic (exact) mass is 301 g/mol. The van der Waals surface area contributed by atoms with E-state index >= 15 is 0 Å². The quantitative estimate of drug-likeness (QED) is 0.799. The fourth-order valence-electron chi connectivity index (χ4n) is 1.04. The molecule has 13 heavy (non-hydrogen) atoms. The number of nitrogens with zero attached hydrogens (tertiary/aromatic N) is 1. The third-order valence-corrected chi connectivity index (χ3v) is 2.47. The smallest absolute Gasteiger partial charge is 0.265 e. The van der Waals surface area contributed by atoms with Crippen LogP contribution in [0, 0.1) is 0 Å². The van der Waals surface area contributed by atoms with Crippen LogP contribution in [-0.2, 0) is 0 Å². The molecule has 1 aromatic carbocycles. The Kier molecular flexibility index (Phi) is 2.51. The summed E-state index contributed by atoms with van der Waals surface area (Å²) in [4.78, 5) is 4.54. The largest absolute Gasteiger partial charge is 0.430 e. The molecule has 0 atom stereocenters. The summed E-state index contributed by atoms with van der Waals surface area (Å²) in [7, 11) is 0. The summed E-state index contributed by atoms with van der Waals surface area (Å²) >= 11 is 6.49. The van der Waals surface area contributed by atoms with Gasteiger partial charge >= 0.3 is 0 Å². The SMILES string of the molecule is Brc1nc(Br)c(-c2ccccc2)o1. The summed E-state index contributed by atoms with van der Waals surface area (Å²) in [5.74, 6) is 0.743. The molecule has 0 fully saturated rings. The maximum absolute atomic E-state index is 5.36. The third kappa shape index (κ3) is 1.84. The summed E-state index contributed by atoms with van der Waals surface area (Å²) < 4.78 is 6.07. The zero-order valence-corrected chi connectivity index (χ0v) is 9.67. The number of oxazole rings is 1. The highest BCUT2D eigenvalue weighted by Gasteiger charge is 2.10. The summed E-state index contributed by atoms with van der Waals surface area (Å²) in [6, 6.07) is 9.81. The van der Waals surface area contributed by atoms with E-state index in [0.29, 0.717) is 9.40 Å². The van der Waals surface area contributed by atoms with Gasteiger partial charge in [-0.2, -0.15) is 4.98 Å². The number of benzene rings is 1. The predicted octanol–water partition coefficient (Wildman–Crippen LogP) is 3.87. The van der Waals surface area contributed by atoms with Gasteiger partial charge in [0.15, 0.2) is 10.4 Å². The highest BCUT2D eigenvalue weighted by Crippen LogP contribution is 2.30. The maximum Gasteiger partial charge on any atom is 0.265 e. The van der Waals surface area contributed by atoms with Gasteiger partial charge in [0.05, 0.1) is 0 Å². The molecule has 0 saturated heterocycles. The second kappa shape index (κ2) is 3.64. The van der Waals surface area contributed by atoms with Gasteiger partial charge in [-0.05, 0) is 15.9 Å². The lowest BCUT2D eigenvalue weighted by atomic mass is 10.2. The van der Waals surface area contributed by atoms with Crippen LogP contribution in [0.25, 0.3) is 11.3 Å². The molecular weight excluding hydrogens is 298 g/mol. The van der Waals surface area contributed by atoms with Crippen LogP contribution >= 0.6 is 31.9 Å². The first-order valence-electron chi connectivity index (χ1n) is 3.64. The number of halogens is 2. The molecule has 0 unspecified atom stereocenters. The Balaban J connectivity index is 2.53. The minimum absolute atomic E-state index is 0.484. The van der Waals surface area contributed by atoms with Gasteiger partial charge in [0.2, 0.25) is 0 Å². The van der Waals surface area contributed by atoms with Crippen molar-refractivity contribution in [3.05, 3.63) is 39.7 Å². The lowest BCUT2D eigenvalue weighted by Gasteiger charge is -1.94. The molecule has 2 rings (SSSR count). The molecule has 0 radical (unpaired) electrons. The van der Waals surface area contributed by atoms with Crippen LogP contribution in [0.3, 0.4) is 0 Å². The Morgan fingerprint density at radius 1 is 1.08 bits per heavy atom. The van der Waals surface area contributed by atoms with Crippen molar-refractivity contribution in [1.82, 2.24) is 4.98 Å². The number of hydrogen-bond donors (Lipinski definition) is 0. The summed E-state index contributed by atoms with van der Waals surface area (Å²) in [6.07, 6.45) is 0. The summed E-state index contributed by atoms with van der Waals surface area (Å²) in [6.45, 7) is 0. The zero-order valence-electron chi connectivity index (χ0n) is 6.50. The Morgan fingerprint density at radius 3 is 2.31 bits per heavy atom. The molecule has 4 heteroatoms. The average molecular weight is 303 g/mol. The van der Waals surface area contributed by atoms with E-state index in [-0.39, 0.29) is 0 Å². The zero-order chi connectivity index (χ0) is 9.26. The van der Waals surface area contributed by atoms with Crippen molar-refractivity contribution in [3.63, 3.8) is 0 Å². The molecule has 0 aliphatic rings. The van der Waals surface area contributed by atoms with Gasteiger partial charge in [-0.3, -0.25) is 0 Å². The van der Waals surface area contributed by atoms with Crippen LogP contribution in [0.4, 0.5) is 0 Å². The average Bonchev–Trinajstić information content (AvgIpc) is 2.47. The van der Waals surface area contributed by atoms with Crippen molar-refractivity contribution in [2.45, 2.75) is 0 Å². The number of hydrogen-bond acceptors (Lipinski definition) is 2. The molecule has 0 amide bonds. The van der Waals surface area contributed by atoms with Crippen molar-refractivity contribution < 1.29 is 4.42 Å². The van der Waals surface area contributed by atoms with Gasteiger partial charge in [0.25, 0.3) is 4.80 Å². The van der Waals surface area contributed by atoms with Crippen molar-refractivity contribution in [3.8, 4) is 11.3 Å². The Morgan fingerprint density at radius 2 is 1.77 bits per heavy atom. The second-order valence-corrected chi connectivity index (χ2v) is 3.88. The normalized spacial score (nSPS) is 10.3. The fraction of sp³-hybridized carbons (Fsp3) is 0. The van der Waals surface area contributed by atoms with Gasteiger partial charge in [0, 0.05) is 21.5 Å². The molecule has 0 aliphatic heterocycles. The molecule has 0 spiro atoms. The molecular formula is C9H5Br2NO. The number of aromatic nitrogens is 1.